The van der Waals surface area contributed by atoms with Gasteiger partial charge in [-0.2, -0.15) is 0 Å². The molecule has 1 aliphatic heterocycles. The van der Waals surface area contributed by atoms with Crippen molar-refractivity contribution in [3.63, 3.8) is 0 Å². The molecule has 0 radical (unpaired) electrons. The lowest BCUT2D eigenvalue weighted by atomic mass is 10.2. The maximum absolute atomic E-state index is 9.34. The minimum atomic E-state index is -0.157. The molecule has 12 heavy (non-hydrogen) atoms. The molecule has 1 fully saturated rings. The number of hydrogen-bond acceptors (Lipinski definition) is 3. The number of β-amino-alcohol motifs (C(OH)–C–C–N with tert-alkyl or cyclic N) is 1. The van der Waals surface area contributed by atoms with Gasteiger partial charge in [-0.3, -0.25) is 4.90 Å². The van der Waals surface area contributed by atoms with E-state index in [0.29, 0.717) is 6.04 Å². The normalized spacial score (nSPS) is 31.8. The fourth-order valence-electron chi connectivity index (χ4n) is 1.55. The molecule has 1 aliphatic rings. The van der Waals surface area contributed by atoms with E-state index in [2.05, 4.69) is 4.90 Å². The van der Waals surface area contributed by atoms with Gasteiger partial charge in [0.2, 0.25) is 0 Å². The molecule has 1 heterocycles. The molecule has 0 aromatic heterocycles. The molecular formula is C9H19NO2. The molecular weight excluding hydrogens is 154 g/mol. The van der Waals surface area contributed by atoms with E-state index in [9.17, 15) is 5.11 Å². The second kappa shape index (κ2) is 4.21. The number of ether oxygens (including phenoxy) is 1. The Bertz CT molecular complexity index is 138. The van der Waals surface area contributed by atoms with E-state index in [-0.39, 0.29) is 12.2 Å². The Morgan fingerprint density at radius 2 is 2.25 bits per heavy atom. The van der Waals surface area contributed by atoms with Gasteiger partial charge in [0, 0.05) is 12.6 Å². The summed E-state index contributed by atoms with van der Waals surface area (Å²) < 4.78 is 5.49. The van der Waals surface area contributed by atoms with Gasteiger partial charge in [0.25, 0.3) is 0 Å². The number of likely N-dealkylation sites (tertiary alicyclic amines) is 1. The largest absolute Gasteiger partial charge is 0.392 e. The van der Waals surface area contributed by atoms with Crippen molar-refractivity contribution in [1.82, 2.24) is 4.90 Å². The summed E-state index contributed by atoms with van der Waals surface area (Å²) >= 11 is 0. The molecule has 0 aromatic rings. The second-order valence-corrected chi connectivity index (χ2v) is 3.87. The first kappa shape index (κ1) is 9.96. The summed E-state index contributed by atoms with van der Waals surface area (Å²) in [5.74, 6) is 0. The van der Waals surface area contributed by atoms with Crippen LogP contribution in [0.5, 0.6) is 0 Å². The predicted molar refractivity (Wildman–Crippen MR) is 48.1 cm³/mol. The van der Waals surface area contributed by atoms with Gasteiger partial charge in [0.05, 0.1) is 18.8 Å². The molecule has 1 rings (SSSR count). The number of hydrogen-bond donors (Lipinski definition) is 1. The molecule has 1 N–H and O–H groups in total. The highest BCUT2D eigenvalue weighted by molar-refractivity contribution is 4.82. The van der Waals surface area contributed by atoms with E-state index in [4.69, 9.17) is 4.74 Å². The maximum atomic E-state index is 9.34. The van der Waals surface area contributed by atoms with Crippen LogP contribution in [0.1, 0.15) is 20.3 Å². The fraction of sp³-hybridized carbons (Fsp3) is 1.00. The van der Waals surface area contributed by atoms with Gasteiger partial charge >= 0.3 is 0 Å². The first-order valence-corrected chi connectivity index (χ1v) is 4.59. The summed E-state index contributed by atoms with van der Waals surface area (Å²) in [7, 11) is 2.03. The standard InChI is InChI=1S/C9H19NO2/c1-7(2)12-6-8-4-9(11)5-10(8)3/h7-9,11H,4-6H2,1-3H3/t8-,9-/m1/s1. The monoisotopic (exact) mass is 173 g/mol. The van der Waals surface area contributed by atoms with Gasteiger partial charge in [-0.05, 0) is 27.3 Å². The molecule has 1 saturated heterocycles. The maximum Gasteiger partial charge on any atom is 0.0682 e. The lowest BCUT2D eigenvalue weighted by molar-refractivity contribution is 0.0428. The third-order valence-corrected chi connectivity index (χ3v) is 2.29. The van der Waals surface area contributed by atoms with Crippen molar-refractivity contribution in [3.05, 3.63) is 0 Å². The topological polar surface area (TPSA) is 32.7 Å². The fourth-order valence-corrected chi connectivity index (χ4v) is 1.55. The summed E-state index contributed by atoms with van der Waals surface area (Å²) in [5.41, 5.74) is 0. The van der Waals surface area contributed by atoms with Crippen LogP contribution in [0.4, 0.5) is 0 Å². The van der Waals surface area contributed by atoms with Gasteiger partial charge in [-0.1, -0.05) is 0 Å². The highest BCUT2D eigenvalue weighted by Crippen LogP contribution is 2.15. The molecule has 2 atom stereocenters. The molecule has 0 saturated carbocycles. The van der Waals surface area contributed by atoms with Crippen LogP contribution in [0.2, 0.25) is 0 Å². The SMILES string of the molecule is CC(C)OC[C@H]1C[C@@H](O)CN1C. The first-order chi connectivity index (χ1) is 5.59. The molecule has 0 bridgehead atoms. The zero-order valence-corrected chi connectivity index (χ0v) is 8.16. The van der Waals surface area contributed by atoms with Crippen LogP contribution in [-0.2, 0) is 4.74 Å². The van der Waals surface area contributed by atoms with Gasteiger partial charge < -0.3 is 9.84 Å². The minimum Gasteiger partial charge on any atom is -0.392 e. The number of aliphatic hydroxyl groups is 1. The van der Waals surface area contributed by atoms with E-state index in [0.717, 1.165) is 19.6 Å². The van der Waals surface area contributed by atoms with Crippen molar-refractivity contribution in [3.8, 4) is 0 Å². The Morgan fingerprint density at radius 1 is 1.58 bits per heavy atom. The lowest BCUT2D eigenvalue weighted by Gasteiger charge is -2.19. The zero-order valence-electron chi connectivity index (χ0n) is 8.16. The van der Waals surface area contributed by atoms with E-state index in [1.165, 1.54) is 0 Å². The number of nitrogens with zero attached hydrogens (tertiary/aromatic N) is 1. The van der Waals surface area contributed by atoms with Crippen molar-refractivity contribution < 1.29 is 9.84 Å². The van der Waals surface area contributed by atoms with Crippen LogP contribution < -0.4 is 0 Å². The molecule has 0 amide bonds. The minimum absolute atomic E-state index is 0.157. The Morgan fingerprint density at radius 3 is 2.67 bits per heavy atom. The first-order valence-electron chi connectivity index (χ1n) is 4.59. The van der Waals surface area contributed by atoms with Crippen LogP contribution >= 0.6 is 0 Å². The van der Waals surface area contributed by atoms with Crippen molar-refractivity contribution in [2.24, 2.45) is 0 Å². The molecule has 72 valence electrons. The summed E-state index contributed by atoms with van der Waals surface area (Å²) in [4.78, 5) is 2.16. The number of rotatable bonds is 3. The Kier molecular flexibility index (Phi) is 3.50. The van der Waals surface area contributed by atoms with Gasteiger partial charge in [-0.25, -0.2) is 0 Å². The molecule has 0 spiro atoms. The highest BCUT2D eigenvalue weighted by Gasteiger charge is 2.27. The molecule has 0 aromatic carbocycles. The van der Waals surface area contributed by atoms with Crippen LogP contribution in [0.3, 0.4) is 0 Å². The van der Waals surface area contributed by atoms with Gasteiger partial charge in [0.15, 0.2) is 0 Å². The van der Waals surface area contributed by atoms with E-state index in [1.54, 1.807) is 0 Å². The van der Waals surface area contributed by atoms with Crippen molar-refractivity contribution in [2.45, 2.75) is 38.5 Å². The average molecular weight is 173 g/mol. The predicted octanol–water partition coefficient (Wildman–Crippen LogP) is 0.476. The highest BCUT2D eigenvalue weighted by atomic mass is 16.5. The van der Waals surface area contributed by atoms with Crippen molar-refractivity contribution in [1.29, 1.82) is 0 Å². The summed E-state index contributed by atoms with van der Waals surface area (Å²) in [6, 6.07) is 0.405. The van der Waals surface area contributed by atoms with E-state index in [1.807, 2.05) is 20.9 Å². The van der Waals surface area contributed by atoms with Crippen LogP contribution in [0, 0.1) is 0 Å². The molecule has 3 heteroatoms. The Labute approximate surface area is 74.3 Å². The molecule has 0 unspecified atom stereocenters. The third kappa shape index (κ3) is 2.73. The van der Waals surface area contributed by atoms with Crippen molar-refractivity contribution in [2.75, 3.05) is 20.2 Å². The summed E-state index contributed by atoms with van der Waals surface area (Å²) in [6.07, 6.45) is 0.982. The lowest BCUT2D eigenvalue weighted by Crippen LogP contribution is -2.30. The average Bonchev–Trinajstić information content (AvgIpc) is 2.26. The number of likely N-dealkylation sites (N-methyl/N-ethyl adjacent to an activating group) is 1. The quantitative estimate of drug-likeness (QED) is 0.673. The Hall–Kier alpha value is -0.120. The zero-order chi connectivity index (χ0) is 9.14. The van der Waals surface area contributed by atoms with Crippen LogP contribution in [-0.4, -0.2) is 48.5 Å². The summed E-state index contributed by atoms with van der Waals surface area (Å²) in [5, 5.41) is 9.34. The number of aliphatic hydroxyl groups excluding tert-OH is 1. The molecule has 0 aliphatic carbocycles. The van der Waals surface area contributed by atoms with Gasteiger partial charge in [0.1, 0.15) is 0 Å². The van der Waals surface area contributed by atoms with Gasteiger partial charge in [-0.15, -0.1) is 0 Å². The third-order valence-electron chi connectivity index (χ3n) is 2.29. The Balaban J connectivity index is 2.23. The van der Waals surface area contributed by atoms with E-state index < -0.39 is 0 Å². The molecule has 3 nitrogen and oxygen atoms in total. The smallest absolute Gasteiger partial charge is 0.0682 e. The summed E-state index contributed by atoms with van der Waals surface area (Å²) in [6.45, 7) is 5.59. The van der Waals surface area contributed by atoms with Crippen molar-refractivity contribution >= 4 is 0 Å². The van der Waals surface area contributed by atoms with E-state index >= 15 is 0 Å². The second-order valence-electron chi connectivity index (χ2n) is 3.87. The van der Waals surface area contributed by atoms with Crippen LogP contribution in [0.15, 0.2) is 0 Å². The van der Waals surface area contributed by atoms with Crippen LogP contribution in [0.25, 0.3) is 0 Å².